The summed E-state index contributed by atoms with van der Waals surface area (Å²) in [6, 6.07) is 5.69. The molecule has 136 valence electrons. The number of carbonyl (C=O) groups excluding carboxylic acids is 2. The van der Waals surface area contributed by atoms with Gasteiger partial charge in [0.1, 0.15) is 0 Å². The normalized spacial score (nSPS) is 10.8. The Morgan fingerprint density at radius 2 is 2.08 bits per heavy atom. The lowest BCUT2D eigenvalue weighted by Gasteiger charge is -2.03. The number of anilines is 1. The second kappa shape index (κ2) is 7.96. The molecule has 0 saturated heterocycles. The molecule has 0 aliphatic rings. The number of imidazole rings is 1. The van der Waals surface area contributed by atoms with Crippen LogP contribution in [0.2, 0.25) is 0 Å². The molecule has 8 nitrogen and oxygen atoms in total. The topological polar surface area (TPSA) is 117 Å². The number of carbonyl (C=O) groups is 2. The second-order valence-electron chi connectivity index (χ2n) is 5.76. The van der Waals surface area contributed by atoms with Gasteiger partial charge in [-0.05, 0) is 30.5 Å². The molecule has 9 heteroatoms. The lowest BCUT2D eigenvalue weighted by molar-refractivity contribution is -0.139. The van der Waals surface area contributed by atoms with Gasteiger partial charge in [0, 0.05) is 11.8 Å². The van der Waals surface area contributed by atoms with Crippen LogP contribution in [0.1, 0.15) is 24.1 Å². The predicted octanol–water partition coefficient (Wildman–Crippen LogP) is 1.99. The molecule has 0 radical (unpaired) electrons. The van der Waals surface area contributed by atoms with E-state index in [4.69, 9.17) is 0 Å². The van der Waals surface area contributed by atoms with Crippen LogP contribution in [0, 0.1) is 0 Å². The summed E-state index contributed by atoms with van der Waals surface area (Å²) in [6.45, 7) is 0. The van der Waals surface area contributed by atoms with E-state index in [9.17, 15) is 14.4 Å². The number of amides is 1. The number of aromatic nitrogens is 3. The first-order valence-electron chi connectivity index (χ1n) is 8.05. The maximum atomic E-state index is 12.0. The maximum absolute atomic E-state index is 12.0. The Labute approximate surface area is 152 Å². The molecule has 0 atom stereocenters. The molecule has 1 aromatic carbocycles. The fourth-order valence-electron chi connectivity index (χ4n) is 2.54. The fourth-order valence-corrected chi connectivity index (χ4v) is 3.26. The van der Waals surface area contributed by atoms with Gasteiger partial charge in [0.25, 0.3) is 0 Å². The summed E-state index contributed by atoms with van der Waals surface area (Å²) >= 11 is 1.28. The first kappa shape index (κ1) is 17.9. The van der Waals surface area contributed by atoms with E-state index in [1.165, 1.54) is 18.4 Å². The fraction of sp³-hybridized carbons (Fsp3) is 0.294. The summed E-state index contributed by atoms with van der Waals surface area (Å²) in [5, 5.41) is 4.93. The molecule has 3 N–H and O–H groups in total. The van der Waals surface area contributed by atoms with Crippen LogP contribution in [-0.4, -0.2) is 33.9 Å². The van der Waals surface area contributed by atoms with Gasteiger partial charge in [-0.2, -0.15) is 0 Å². The molecule has 3 rings (SSSR count). The number of ether oxygens (including phenoxy) is 1. The summed E-state index contributed by atoms with van der Waals surface area (Å²) in [4.78, 5) is 44.1. The van der Waals surface area contributed by atoms with E-state index in [0.29, 0.717) is 23.7 Å². The van der Waals surface area contributed by atoms with Gasteiger partial charge in [-0.25, -0.2) is 9.78 Å². The number of hydrogen-bond acceptors (Lipinski definition) is 6. The van der Waals surface area contributed by atoms with Gasteiger partial charge in [-0.1, -0.05) is 6.07 Å². The number of nitrogens with one attached hydrogen (secondary N) is 3. The summed E-state index contributed by atoms with van der Waals surface area (Å²) in [5.41, 5.74) is 2.92. The Balaban J connectivity index is 1.47. The quantitative estimate of drug-likeness (QED) is 0.547. The van der Waals surface area contributed by atoms with Crippen molar-refractivity contribution in [3.63, 3.8) is 0 Å². The zero-order valence-corrected chi connectivity index (χ0v) is 14.9. The minimum absolute atomic E-state index is 0.0899. The first-order chi connectivity index (χ1) is 12.5. The average Bonchev–Trinajstić information content (AvgIpc) is 3.19. The Morgan fingerprint density at radius 1 is 1.27 bits per heavy atom. The Morgan fingerprint density at radius 3 is 2.88 bits per heavy atom. The van der Waals surface area contributed by atoms with Gasteiger partial charge >= 0.3 is 11.7 Å². The number of hydrogen-bond donors (Lipinski definition) is 3. The van der Waals surface area contributed by atoms with Gasteiger partial charge in [0.2, 0.25) is 5.91 Å². The minimum atomic E-state index is -0.367. The number of aromatic amines is 2. The average molecular weight is 374 g/mol. The van der Waals surface area contributed by atoms with E-state index in [2.05, 4.69) is 25.0 Å². The summed E-state index contributed by atoms with van der Waals surface area (Å²) in [7, 11) is 1.32. The van der Waals surface area contributed by atoms with Crippen molar-refractivity contribution in [2.75, 3.05) is 12.4 Å². The highest BCUT2D eigenvalue weighted by molar-refractivity contribution is 7.13. The second-order valence-corrected chi connectivity index (χ2v) is 6.62. The summed E-state index contributed by atoms with van der Waals surface area (Å²) < 4.78 is 4.58. The molecule has 0 fully saturated rings. The standard InChI is InChI=1S/C17H18N4O4S/c1-25-15(23)8-11-9-26-17(18-11)21-14(22)4-2-3-10-5-6-12-13(7-10)20-16(24)19-12/h5-7,9H,2-4,8H2,1H3,(H,18,21,22)(H2,19,20,24). The molecule has 2 heterocycles. The minimum Gasteiger partial charge on any atom is -0.469 e. The summed E-state index contributed by atoms with van der Waals surface area (Å²) in [5.74, 6) is -0.492. The van der Waals surface area contributed by atoms with Gasteiger partial charge in [-0.3, -0.25) is 9.59 Å². The lowest BCUT2D eigenvalue weighted by atomic mass is 10.1. The zero-order valence-electron chi connectivity index (χ0n) is 14.1. The third kappa shape index (κ3) is 4.57. The monoisotopic (exact) mass is 374 g/mol. The van der Waals surface area contributed by atoms with Crippen molar-refractivity contribution in [3.8, 4) is 0 Å². The number of aryl methyl sites for hydroxylation is 1. The van der Waals surface area contributed by atoms with Crippen molar-refractivity contribution >= 4 is 39.4 Å². The van der Waals surface area contributed by atoms with Crippen molar-refractivity contribution < 1.29 is 14.3 Å². The molecule has 1 amide bonds. The van der Waals surface area contributed by atoms with Gasteiger partial charge in [-0.15, -0.1) is 11.3 Å². The van der Waals surface area contributed by atoms with Gasteiger partial charge in [0.05, 0.1) is 30.3 Å². The van der Waals surface area contributed by atoms with E-state index in [1.807, 2.05) is 18.2 Å². The molecule has 0 aliphatic heterocycles. The third-order valence-electron chi connectivity index (χ3n) is 3.80. The molecule has 0 aliphatic carbocycles. The van der Waals surface area contributed by atoms with Crippen LogP contribution in [0.25, 0.3) is 11.0 Å². The van der Waals surface area contributed by atoms with Crippen molar-refractivity contribution in [1.29, 1.82) is 0 Å². The predicted molar refractivity (Wildman–Crippen MR) is 98.3 cm³/mol. The van der Waals surface area contributed by atoms with Crippen LogP contribution < -0.4 is 11.0 Å². The largest absolute Gasteiger partial charge is 0.469 e. The van der Waals surface area contributed by atoms with Crippen LogP contribution >= 0.6 is 11.3 Å². The first-order valence-corrected chi connectivity index (χ1v) is 8.93. The zero-order chi connectivity index (χ0) is 18.5. The lowest BCUT2D eigenvalue weighted by Crippen LogP contribution is -2.11. The molecule has 0 spiro atoms. The Kier molecular flexibility index (Phi) is 5.47. The van der Waals surface area contributed by atoms with Gasteiger partial charge < -0.3 is 20.0 Å². The van der Waals surface area contributed by atoms with Crippen molar-refractivity contribution in [2.24, 2.45) is 0 Å². The molecular formula is C17H18N4O4S. The highest BCUT2D eigenvalue weighted by Gasteiger charge is 2.10. The number of thiazole rings is 1. The third-order valence-corrected chi connectivity index (χ3v) is 4.61. The van der Waals surface area contributed by atoms with Crippen LogP contribution in [-0.2, 0) is 27.2 Å². The number of rotatable bonds is 7. The molecule has 0 bridgehead atoms. The van der Waals surface area contributed by atoms with Crippen molar-refractivity contribution in [3.05, 3.63) is 45.3 Å². The smallest absolute Gasteiger partial charge is 0.323 e. The molecule has 0 saturated carbocycles. The van der Waals surface area contributed by atoms with E-state index in [0.717, 1.165) is 23.0 Å². The Bertz CT molecular complexity index is 988. The molecular weight excluding hydrogens is 356 g/mol. The molecule has 3 aromatic rings. The van der Waals surface area contributed by atoms with Crippen molar-refractivity contribution in [1.82, 2.24) is 15.0 Å². The van der Waals surface area contributed by atoms with E-state index < -0.39 is 0 Å². The number of methoxy groups -OCH3 is 1. The van der Waals surface area contributed by atoms with E-state index >= 15 is 0 Å². The number of fused-ring (bicyclic) bond motifs is 1. The maximum Gasteiger partial charge on any atom is 0.323 e. The van der Waals surface area contributed by atoms with Crippen LogP contribution in [0.3, 0.4) is 0 Å². The number of H-pyrrole nitrogens is 2. The molecule has 2 aromatic heterocycles. The van der Waals surface area contributed by atoms with Crippen LogP contribution in [0.5, 0.6) is 0 Å². The molecule has 26 heavy (non-hydrogen) atoms. The van der Waals surface area contributed by atoms with Gasteiger partial charge in [0.15, 0.2) is 5.13 Å². The SMILES string of the molecule is COC(=O)Cc1csc(NC(=O)CCCc2ccc3[nH]c(=O)[nH]c3c2)n1. The van der Waals surface area contributed by atoms with Crippen LogP contribution in [0.15, 0.2) is 28.4 Å². The highest BCUT2D eigenvalue weighted by Crippen LogP contribution is 2.17. The molecule has 0 unspecified atom stereocenters. The van der Waals surface area contributed by atoms with E-state index in [-0.39, 0.29) is 24.0 Å². The number of nitrogens with zero attached hydrogens (tertiary/aromatic N) is 1. The number of benzene rings is 1. The van der Waals surface area contributed by atoms with Crippen molar-refractivity contribution in [2.45, 2.75) is 25.7 Å². The summed E-state index contributed by atoms with van der Waals surface area (Å²) in [6.07, 6.45) is 1.84. The Hall–Kier alpha value is -2.94. The number of esters is 1. The van der Waals surface area contributed by atoms with Crippen LogP contribution in [0.4, 0.5) is 5.13 Å². The highest BCUT2D eigenvalue weighted by atomic mass is 32.1. The van der Waals surface area contributed by atoms with E-state index in [1.54, 1.807) is 5.38 Å².